The Labute approximate surface area is 139 Å². The zero-order valence-electron chi connectivity index (χ0n) is 11.6. The lowest BCUT2D eigenvalue weighted by Gasteiger charge is -2.08. The van der Waals surface area contributed by atoms with Gasteiger partial charge in [0.15, 0.2) is 16.8 Å². The van der Waals surface area contributed by atoms with Crippen LogP contribution in [0.3, 0.4) is 0 Å². The first-order chi connectivity index (χ1) is 10.7. The summed E-state index contributed by atoms with van der Waals surface area (Å²) < 4.78 is 9.93. The van der Waals surface area contributed by atoms with Gasteiger partial charge in [-0.1, -0.05) is 27.5 Å². The van der Waals surface area contributed by atoms with Crippen LogP contribution < -0.4 is 0 Å². The number of nitrogens with zero attached hydrogens (tertiary/aromatic N) is 5. The molecule has 0 amide bonds. The van der Waals surface area contributed by atoms with E-state index in [4.69, 9.17) is 16.3 Å². The van der Waals surface area contributed by atoms with Crippen molar-refractivity contribution < 1.29 is 4.74 Å². The summed E-state index contributed by atoms with van der Waals surface area (Å²) in [7, 11) is 1.63. The molecule has 1 aliphatic rings. The minimum Gasteiger partial charge on any atom is -0.377 e. The van der Waals surface area contributed by atoms with Gasteiger partial charge >= 0.3 is 0 Å². The molecule has 0 saturated carbocycles. The smallest absolute Gasteiger partial charge is 0.176 e. The molecule has 3 aromatic rings. The first kappa shape index (κ1) is 13.9. The van der Waals surface area contributed by atoms with Crippen molar-refractivity contribution >= 4 is 27.5 Å². The van der Waals surface area contributed by atoms with Crippen molar-refractivity contribution in [3.8, 4) is 17.1 Å². The third-order valence-corrected chi connectivity index (χ3v) is 4.37. The van der Waals surface area contributed by atoms with Gasteiger partial charge < -0.3 is 4.74 Å². The van der Waals surface area contributed by atoms with E-state index in [1.807, 2.05) is 27.4 Å². The van der Waals surface area contributed by atoms with Crippen LogP contribution in [-0.4, -0.2) is 31.4 Å². The summed E-state index contributed by atoms with van der Waals surface area (Å²) in [4.78, 5) is 8.81. The third kappa shape index (κ3) is 2.08. The maximum Gasteiger partial charge on any atom is 0.176 e. The van der Waals surface area contributed by atoms with E-state index in [9.17, 15) is 0 Å². The second-order valence-corrected chi connectivity index (χ2v) is 6.23. The number of aromatic nitrogens is 5. The molecule has 112 valence electrons. The summed E-state index contributed by atoms with van der Waals surface area (Å²) in [5, 5.41) is 4.99. The molecule has 6 nitrogen and oxygen atoms in total. The van der Waals surface area contributed by atoms with Crippen molar-refractivity contribution in [3.63, 3.8) is 0 Å². The molecule has 0 fully saturated rings. The molecule has 0 radical (unpaired) electrons. The lowest BCUT2D eigenvalue weighted by atomic mass is 10.1. The Hall–Kier alpha value is -1.70. The van der Waals surface area contributed by atoms with Crippen LogP contribution in [0.15, 0.2) is 29.0 Å². The maximum absolute atomic E-state index is 6.24. The van der Waals surface area contributed by atoms with Gasteiger partial charge in [0.1, 0.15) is 12.9 Å². The van der Waals surface area contributed by atoms with Gasteiger partial charge in [0.05, 0.1) is 17.9 Å². The van der Waals surface area contributed by atoms with E-state index in [2.05, 4.69) is 31.0 Å². The quantitative estimate of drug-likeness (QED) is 0.536. The number of imidazole rings is 1. The Kier molecular flexibility index (Phi) is 3.28. The molecule has 0 unspecified atom stereocenters. The molecule has 1 aromatic carbocycles. The van der Waals surface area contributed by atoms with E-state index in [0.29, 0.717) is 24.1 Å². The monoisotopic (exact) mass is 379 g/mol. The van der Waals surface area contributed by atoms with Gasteiger partial charge in [0, 0.05) is 17.1 Å². The van der Waals surface area contributed by atoms with E-state index in [1.165, 1.54) is 0 Å². The van der Waals surface area contributed by atoms with Crippen molar-refractivity contribution in [2.75, 3.05) is 7.11 Å². The molecular formula is C14H11BrClN5O. The van der Waals surface area contributed by atoms with Gasteiger partial charge in [0.25, 0.3) is 0 Å². The van der Waals surface area contributed by atoms with Gasteiger partial charge in [-0.25, -0.2) is 14.6 Å². The van der Waals surface area contributed by atoms with Crippen molar-refractivity contribution in [1.29, 1.82) is 0 Å². The number of fused-ring (bicyclic) bond motifs is 5. The fourth-order valence-electron chi connectivity index (χ4n) is 2.63. The van der Waals surface area contributed by atoms with Crippen LogP contribution in [-0.2, 0) is 17.9 Å². The van der Waals surface area contributed by atoms with Crippen molar-refractivity contribution in [2.24, 2.45) is 0 Å². The van der Waals surface area contributed by atoms with E-state index in [0.717, 1.165) is 27.2 Å². The van der Waals surface area contributed by atoms with Crippen LogP contribution in [0, 0.1) is 0 Å². The van der Waals surface area contributed by atoms with Crippen LogP contribution in [0.2, 0.25) is 5.15 Å². The number of rotatable bonds is 2. The lowest BCUT2D eigenvalue weighted by molar-refractivity contribution is 0.177. The molecule has 0 N–H and O–H groups in total. The highest BCUT2D eigenvalue weighted by atomic mass is 79.9. The molecule has 0 spiro atoms. The molecule has 0 aliphatic carbocycles. The summed E-state index contributed by atoms with van der Waals surface area (Å²) in [5.41, 5.74) is 2.84. The number of halogens is 2. The Bertz CT molecular complexity index is 872. The first-order valence-corrected chi connectivity index (χ1v) is 7.79. The van der Waals surface area contributed by atoms with Gasteiger partial charge in [-0.3, -0.25) is 4.57 Å². The van der Waals surface area contributed by atoms with Crippen LogP contribution >= 0.6 is 27.5 Å². The number of ether oxygens (including phenoxy) is 1. The molecule has 3 heterocycles. The summed E-state index contributed by atoms with van der Waals surface area (Å²) in [5.74, 6) is 1.44. The average molecular weight is 381 g/mol. The Morgan fingerprint density at radius 3 is 3.09 bits per heavy atom. The van der Waals surface area contributed by atoms with Crippen LogP contribution in [0.5, 0.6) is 0 Å². The van der Waals surface area contributed by atoms with Crippen molar-refractivity contribution in [3.05, 3.63) is 45.7 Å². The predicted octanol–water partition coefficient (Wildman–Crippen LogP) is 3.05. The summed E-state index contributed by atoms with van der Waals surface area (Å²) in [6.45, 7) is 0.882. The Balaban J connectivity index is 2.01. The highest BCUT2D eigenvalue weighted by Gasteiger charge is 2.24. The van der Waals surface area contributed by atoms with Crippen LogP contribution in [0.25, 0.3) is 17.1 Å². The molecule has 0 saturated heterocycles. The van der Waals surface area contributed by atoms with E-state index in [-0.39, 0.29) is 0 Å². The first-order valence-electron chi connectivity index (χ1n) is 6.62. The van der Waals surface area contributed by atoms with Crippen LogP contribution in [0.4, 0.5) is 0 Å². The molecular weight excluding hydrogens is 370 g/mol. The van der Waals surface area contributed by atoms with Gasteiger partial charge in [-0.05, 0) is 18.2 Å². The largest absolute Gasteiger partial charge is 0.377 e. The highest BCUT2D eigenvalue weighted by Crippen LogP contribution is 2.34. The van der Waals surface area contributed by atoms with E-state index >= 15 is 0 Å². The molecule has 0 atom stereocenters. The summed E-state index contributed by atoms with van der Waals surface area (Å²) >= 11 is 9.75. The zero-order valence-corrected chi connectivity index (χ0v) is 14.0. The zero-order chi connectivity index (χ0) is 15.3. The van der Waals surface area contributed by atoms with Gasteiger partial charge in [-0.15, -0.1) is 0 Å². The fourth-order valence-corrected chi connectivity index (χ4v) is 3.18. The Morgan fingerprint density at radius 1 is 1.41 bits per heavy atom. The third-order valence-electron chi connectivity index (χ3n) is 3.56. The van der Waals surface area contributed by atoms with Gasteiger partial charge in [-0.2, -0.15) is 5.10 Å². The highest BCUT2D eigenvalue weighted by molar-refractivity contribution is 9.10. The minimum absolute atomic E-state index is 0.371. The molecule has 2 aromatic heterocycles. The lowest BCUT2D eigenvalue weighted by Crippen LogP contribution is -2.05. The number of hydrogen-bond donors (Lipinski definition) is 0. The molecule has 4 rings (SSSR count). The number of hydrogen-bond acceptors (Lipinski definition) is 4. The van der Waals surface area contributed by atoms with E-state index < -0.39 is 0 Å². The predicted molar refractivity (Wildman–Crippen MR) is 85.1 cm³/mol. The normalized spacial score (nSPS) is 12.5. The van der Waals surface area contributed by atoms with Gasteiger partial charge in [0.2, 0.25) is 0 Å². The summed E-state index contributed by atoms with van der Waals surface area (Å²) in [6, 6.07) is 6.02. The standard InChI is InChI=1S/C14H11BrClN5O/c1-22-6-12-18-14-9-4-8(15)2-3-10(9)20-7-17-13(16)11(20)5-21(14)19-12/h2-4,7H,5-6H2,1H3. The minimum atomic E-state index is 0.371. The molecule has 22 heavy (non-hydrogen) atoms. The second-order valence-electron chi connectivity index (χ2n) is 4.96. The average Bonchev–Trinajstić information content (AvgIpc) is 3.02. The molecule has 0 bridgehead atoms. The number of benzene rings is 1. The molecule has 8 heteroatoms. The van der Waals surface area contributed by atoms with Crippen LogP contribution in [0.1, 0.15) is 11.5 Å². The van der Waals surface area contributed by atoms with E-state index in [1.54, 1.807) is 13.4 Å². The second kappa shape index (κ2) is 5.19. The summed E-state index contributed by atoms with van der Waals surface area (Å²) in [6.07, 6.45) is 1.73. The number of methoxy groups -OCH3 is 1. The fraction of sp³-hybridized carbons (Fsp3) is 0.214. The van der Waals surface area contributed by atoms with Crippen molar-refractivity contribution in [1.82, 2.24) is 24.3 Å². The molecule has 1 aliphatic heterocycles. The maximum atomic E-state index is 6.24. The SMILES string of the molecule is COCc1nc2n(n1)Cc1c(Cl)ncn1-c1ccc(Br)cc1-2. The topological polar surface area (TPSA) is 57.8 Å². The van der Waals surface area contributed by atoms with Crippen molar-refractivity contribution in [2.45, 2.75) is 13.2 Å². The Morgan fingerprint density at radius 2 is 2.27 bits per heavy atom.